The van der Waals surface area contributed by atoms with Gasteiger partial charge in [-0.15, -0.1) is 0 Å². The molecule has 0 saturated carbocycles. The zero-order chi connectivity index (χ0) is 18.5. The van der Waals surface area contributed by atoms with Crippen LogP contribution >= 0.6 is 27.3 Å². The number of hydrogen-bond donors (Lipinski definition) is 1. The lowest BCUT2D eigenvalue weighted by molar-refractivity contribution is 0.102. The summed E-state index contributed by atoms with van der Waals surface area (Å²) in [5.41, 5.74) is 0.431. The number of thiazole rings is 1. The highest BCUT2D eigenvalue weighted by Gasteiger charge is 2.13. The predicted molar refractivity (Wildman–Crippen MR) is 106 cm³/mol. The van der Waals surface area contributed by atoms with Crippen LogP contribution in [0.5, 0.6) is 17.2 Å². The fourth-order valence-corrected chi connectivity index (χ4v) is 3.31. The maximum atomic E-state index is 12.6. The summed E-state index contributed by atoms with van der Waals surface area (Å²) in [6.45, 7) is 3.86. The second kappa shape index (κ2) is 8.33. The van der Waals surface area contributed by atoms with Crippen molar-refractivity contribution in [2.75, 3.05) is 5.32 Å². The molecule has 0 radical (unpaired) electrons. The molecule has 3 aromatic rings. The molecule has 2 aromatic carbocycles. The summed E-state index contributed by atoms with van der Waals surface area (Å²) in [4.78, 5) is 16.7. The zero-order valence-electron chi connectivity index (χ0n) is 14.2. The van der Waals surface area contributed by atoms with Crippen LogP contribution in [0.2, 0.25) is 0 Å². The van der Waals surface area contributed by atoms with Gasteiger partial charge in [0, 0.05) is 11.6 Å². The number of carbonyl (C=O) groups excluding carboxylic acids is 1. The Labute approximate surface area is 164 Å². The van der Waals surface area contributed by atoms with E-state index >= 15 is 0 Å². The highest BCUT2D eigenvalue weighted by molar-refractivity contribution is 9.11. The molecule has 1 N–H and O–H groups in total. The van der Waals surface area contributed by atoms with Crippen molar-refractivity contribution in [2.24, 2.45) is 0 Å². The molecule has 0 aliphatic heterocycles. The van der Waals surface area contributed by atoms with Gasteiger partial charge in [-0.3, -0.25) is 10.1 Å². The number of anilines is 1. The van der Waals surface area contributed by atoms with Crippen molar-refractivity contribution in [3.63, 3.8) is 0 Å². The number of ether oxygens (including phenoxy) is 2. The summed E-state index contributed by atoms with van der Waals surface area (Å²) in [6.07, 6.45) is 1.62. The van der Waals surface area contributed by atoms with Gasteiger partial charge in [-0.2, -0.15) is 0 Å². The predicted octanol–water partition coefficient (Wildman–Crippen LogP) is 5.74. The molecule has 0 aliphatic rings. The first-order valence-corrected chi connectivity index (χ1v) is 9.58. The number of aromatic nitrogens is 1. The molecular weight excluding hydrogens is 416 g/mol. The van der Waals surface area contributed by atoms with Gasteiger partial charge in [-0.25, -0.2) is 4.98 Å². The highest BCUT2D eigenvalue weighted by atomic mass is 79.9. The van der Waals surface area contributed by atoms with E-state index in [-0.39, 0.29) is 12.0 Å². The van der Waals surface area contributed by atoms with E-state index in [9.17, 15) is 4.79 Å². The van der Waals surface area contributed by atoms with Crippen molar-refractivity contribution in [2.45, 2.75) is 20.0 Å². The van der Waals surface area contributed by atoms with Gasteiger partial charge < -0.3 is 9.47 Å². The molecule has 0 unspecified atom stereocenters. The van der Waals surface area contributed by atoms with E-state index in [4.69, 9.17) is 9.47 Å². The number of amides is 1. The molecule has 1 amide bonds. The van der Waals surface area contributed by atoms with Crippen LogP contribution in [-0.2, 0) is 0 Å². The first-order valence-electron chi connectivity index (χ1n) is 7.97. The first-order chi connectivity index (χ1) is 12.5. The molecule has 134 valence electrons. The Balaban J connectivity index is 1.87. The summed E-state index contributed by atoms with van der Waals surface area (Å²) in [5.74, 6) is 1.50. The van der Waals surface area contributed by atoms with Crippen molar-refractivity contribution >= 4 is 38.3 Å². The van der Waals surface area contributed by atoms with Gasteiger partial charge in [0.2, 0.25) is 0 Å². The van der Waals surface area contributed by atoms with Crippen LogP contribution < -0.4 is 14.8 Å². The normalized spacial score (nSPS) is 10.6. The van der Waals surface area contributed by atoms with Crippen LogP contribution in [0, 0.1) is 0 Å². The topological polar surface area (TPSA) is 60.5 Å². The van der Waals surface area contributed by atoms with E-state index < -0.39 is 0 Å². The molecule has 0 aliphatic carbocycles. The molecule has 0 fully saturated rings. The van der Waals surface area contributed by atoms with Gasteiger partial charge in [0.1, 0.15) is 17.2 Å². The van der Waals surface area contributed by atoms with Crippen LogP contribution in [-0.4, -0.2) is 17.0 Å². The van der Waals surface area contributed by atoms with Crippen LogP contribution in [0.3, 0.4) is 0 Å². The second-order valence-electron chi connectivity index (χ2n) is 5.70. The molecule has 3 rings (SSSR count). The maximum Gasteiger partial charge on any atom is 0.257 e. The van der Waals surface area contributed by atoms with E-state index in [1.54, 1.807) is 24.4 Å². The molecule has 0 spiro atoms. The molecule has 7 heteroatoms. The van der Waals surface area contributed by atoms with Crippen molar-refractivity contribution in [3.05, 3.63) is 64.1 Å². The van der Waals surface area contributed by atoms with Crippen molar-refractivity contribution < 1.29 is 14.3 Å². The van der Waals surface area contributed by atoms with Crippen molar-refractivity contribution in [1.29, 1.82) is 0 Å². The second-order valence-corrected chi connectivity index (χ2v) is 8.11. The van der Waals surface area contributed by atoms with Crippen molar-refractivity contribution in [3.8, 4) is 17.2 Å². The lowest BCUT2D eigenvalue weighted by atomic mass is 10.2. The molecule has 1 aromatic heterocycles. The SMILES string of the molecule is CC(C)Oc1cc(Oc2ccccc2)cc(C(=O)Nc2ncc(Br)s2)c1. The van der Waals surface area contributed by atoms with Gasteiger partial charge in [-0.1, -0.05) is 29.5 Å². The molecule has 0 atom stereocenters. The van der Waals surface area contributed by atoms with E-state index in [2.05, 4.69) is 26.2 Å². The maximum absolute atomic E-state index is 12.6. The smallest absolute Gasteiger partial charge is 0.257 e. The number of para-hydroxylation sites is 1. The van der Waals surface area contributed by atoms with E-state index in [0.717, 1.165) is 3.79 Å². The third-order valence-electron chi connectivity index (χ3n) is 3.19. The summed E-state index contributed by atoms with van der Waals surface area (Å²) in [5, 5.41) is 3.29. The van der Waals surface area contributed by atoms with E-state index in [1.807, 2.05) is 44.2 Å². The minimum absolute atomic E-state index is 0.0206. The Morgan fingerprint density at radius 1 is 1.12 bits per heavy atom. The third-order valence-corrected chi connectivity index (χ3v) is 4.58. The van der Waals surface area contributed by atoms with Crippen LogP contribution in [0.25, 0.3) is 0 Å². The highest BCUT2D eigenvalue weighted by Crippen LogP contribution is 2.29. The quantitative estimate of drug-likeness (QED) is 0.539. The molecule has 1 heterocycles. The standard InChI is InChI=1S/C19H17BrN2O3S/c1-12(2)24-15-8-13(18(23)22-19-21-11-17(20)26-19)9-16(10-15)25-14-6-4-3-5-7-14/h3-12H,1-2H3,(H,21,22,23). The largest absolute Gasteiger partial charge is 0.491 e. The number of nitrogens with zero attached hydrogens (tertiary/aromatic N) is 1. The van der Waals surface area contributed by atoms with Gasteiger partial charge in [0.25, 0.3) is 5.91 Å². The summed E-state index contributed by atoms with van der Waals surface area (Å²) >= 11 is 4.67. The number of rotatable bonds is 6. The van der Waals surface area contributed by atoms with Gasteiger partial charge in [-0.05, 0) is 54.0 Å². The fourth-order valence-electron chi connectivity index (χ4n) is 2.21. The van der Waals surface area contributed by atoms with Crippen LogP contribution in [0.4, 0.5) is 5.13 Å². The zero-order valence-corrected chi connectivity index (χ0v) is 16.6. The Bertz CT molecular complexity index is 897. The molecular formula is C19H17BrN2O3S. The van der Waals surface area contributed by atoms with Gasteiger partial charge in [0.05, 0.1) is 16.1 Å². The van der Waals surface area contributed by atoms with E-state index in [0.29, 0.717) is 27.9 Å². The lowest BCUT2D eigenvalue weighted by Crippen LogP contribution is -2.13. The molecule has 0 saturated heterocycles. The molecule has 0 bridgehead atoms. The summed E-state index contributed by atoms with van der Waals surface area (Å²) in [6, 6.07) is 14.5. The Morgan fingerprint density at radius 3 is 2.50 bits per heavy atom. The Kier molecular flexibility index (Phi) is 5.90. The third kappa shape index (κ3) is 5.06. The van der Waals surface area contributed by atoms with Gasteiger partial charge >= 0.3 is 0 Å². The minimum atomic E-state index is -0.279. The summed E-state index contributed by atoms with van der Waals surface area (Å²) in [7, 11) is 0. The van der Waals surface area contributed by atoms with Crippen LogP contribution in [0.1, 0.15) is 24.2 Å². The Hall–Kier alpha value is -2.38. The average molecular weight is 433 g/mol. The minimum Gasteiger partial charge on any atom is -0.491 e. The Morgan fingerprint density at radius 2 is 1.85 bits per heavy atom. The first kappa shape index (κ1) is 18.4. The van der Waals surface area contributed by atoms with E-state index in [1.165, 1.54) is 11.3 Å². The monoisotopic (exact) mass is 432 g/mol. The summed E-state index contributed by atoms with van der Waals surface area (Å²) < 4.78 is 12.5. The van der Waals surface area contributed by atoms with Crippen molar-refractivity contribution in [1.82, 2.24) is 4.98 Å². The number of halogens is 1. The van der Waals surface area contributed by atoms with Gasteiger partial charge in [0.15, 0.2) is 5.13 Å². The molecule has 26 heavy (non-hydrogen) atoms. The lowest BCUT2D eigenvalue weighted by Gasteiger charge is -2.14. The number of benzene rings is 2. The average Bonchev–Trinajstić information content (AvgIpc) is 3.00. The number of nitrogens with one attached hydrogen (secondary N) is 1. The number of carbonyl (C=O) groups is 1. The fraction of sp³-hybridized carbons (Fsp3) is 0.158. The molecule has 5 nitrogen and oxygen atoms in total. The van der Waals surface area contributed by atoms with Crippen LogP contribution in [0.15, 0.2) is 58.5 Å². The number of hydrogen-bond acceptors (Lipinski definition) is 5.